The summed E-state index contributed by atoms with van der Waals surface area (Å²) in [5.41, 5.74) is 10.0. The molecule has 0 aliphatic heterocycles. The van der Waals surface area contributed by atoms with Crippen molar-refractivity contribution >= 4 is 17.2 Å². The third-order valence-corrected chi connectivity index (χ3v) is 3.89. The van der Waals surface area contributed by atoms with Crippen LogP contribution in [0, 0.1) is 20.8 Å². The van der Waals surface area contributed by atoms with Gasteiger partial charge in [-0.05, 0) is 38.5 Å². The van der Waals surface area contributed by atoms with E-state index in [1.54, 1.807) is 0 Å². The van der Waals surface area contributed by atoms with Gasteiger partial charge in [0.25, 0.3) is 0 Å². The molecule has 112 valence electrons. The summed E-state index contributed by atoms with van der Waals surface area (Å²) in [6, 6.07) is 7.59. The van der Waals surface area contributed by atoms with Crippen LogP contribution in [0.25, 0.3) is 0 Å². The average Bonchev–Trinajstić information content (AvgIpc) is 2.71. The van der Waals surface area contributed by atoms with Gasteiger partial charge in [0.2, 0.25) is 0 Å². The highest BCUT2D eigenvalue weighted by Gasteiger charge is 2.08. The molecule has 0 saturated heterocycles. The fourth-order valence-electron chi connectivity index (χ4n) is 2.20. The molecule has 2 rings (SSSR count). The van der Waals surface area contributed by atoms with E-state index in [2.05, 4.69) is 18.9 Å². The molecule has 0 amide bonds. The Morgan fingerprint density at radius 3 is 2.62 bits per heavy atom. The minimum absolute atomic E-state index is 0.361. The highest BCUT2D eigenvalue weighted by atomic mass is 32.1. The van der Waals surface area contributed by atoms with Gasteiger partial charge >= 0.3 is 0 Å². The number of aryl methyl sites for hydroxylation is 2. The number of para-hydroxylation sites is 1. The summed E-state index contributed by atoms with van der Waals surface area (Å²) in [4.78, 5) is 0.361. The molecule has 1 heterocycles. The molecule has 5 heteroatoms. The number of benzene rings is 1. The SMILES string of the molecule is Cc1nn(CCCOc2ccccc2C(N)=S)c(C)c1C. The highest BCUT2D eigenvalue weighted by molar-refractivity contribution is 7.80. The lowest BCUT2D eigenvalue weighted by molar-refractivity contribution is 0.297. The third kappa shape index (κ3) is 3.61. The Hall–Kier alpha value is -1.88. The van der Waals surface area contributed by atoms with E-state index >= 15 is 0 Å². The predicted molar refractivity (Wildman–Crippen MR) is 88.9 cm³/mol. The van der Waals surface area contributed by atoms with Gasteiger partial charge < -0.3 is 10.5 Å². The normalized spacial score (nSPS) is 10.6. The van der Waals surface area contributed by atoms with Gasteiger partial charge in [0.1, 0.15) is 10.7 Å². The summed E-state index contributed by atoms with van der Waals surface area (Å²) in [6.45, 7) is 7.68. The molecule has 0 spiro atoms. The number of aromatic nitrogens is 2. The fourth-order valence-corrected chi connectivity index (χ4v) is 2.37. The van der Waals surface area contributed by atoms with Gasteiger partial charge in [0.05, 0.1) is 17.9 Å². The van der Waals surface area contributed by atoms with E-state index in [9.17, 15) is 0 Å². The van der Waals surface area contributed by atoms with Crippen LogP contribution in [0.15, 0.2) is 24.3 Å². The lowest BCUT2D eigenvalue weighted by atomic mass is 10.2. The molecule has 0 bridgehead atoms. The minimum Gasteiger partial charge on any atom is -0.493 e. The van der Waals surface area contributed by atoms with E-state index in [4.69, 9.17) is 22.7 Å². The maximum absolute atomic E-state index is 5.79. The van der Waals surface area contributed by atoms with Crippen LogP contribution in [-0.4, -0.2) is 21.4 Å². The van der Waals surface area contributed by atoms with Crippen molar-refractivity contribution in [3.05, 3.63) is 46.8 Å². The van der Waals surface area contributed by atoms with Gasteiger partial charge in [-0.15, -0.1) is 0 Å². The zero-order valence-corrected chi connectivity index (χ0v) is 13.5. The second-order valence-corrected chi connectivity index (χ2v) is 5.52. The first-order valence-electron chi connectivity index (χ1n) is 7.03. The van der Waals surface area contributed by atoms with Crippen LogP contribution < -0.4 is 10.5 Å². The number of hydrogen-bond donors (Lipinski definition) is 1. The maximum Gasteiger partial charge on any atom is 0.129 e. The molecular formula is C16H21N3OS. The van der Waals surface area contributed by atoms with Crippen LogP contribution in [0.3, 0.4) is 0 Å². The Bertz CT molecular complexity index is 649. The minimum atomic E-state index is 0.361. The number of thiocarbonyl (C=S) groups is 1. The number of nitrogens with two attached hydrogens (primary N) is 1. The van der Waals surface area contributed by atoms with Crippen LogP contribution in [0.1, 0.15) is 28.9 Å². The second kappa shape index (κ2) is 6.72. The molecule has 0 aliphatic rings. The average molecular weight is 303 g/mol. The van der Waals surface area contributed by atoms with Crippen molar-refractivity contribution in [3.63, 3.8) is 0 Å². The van der Waals surface area contributed by atoms with Crippen LogP contribution in [0.4, 0.5) is 0 Å². The van der Waals surface area contributed by atoms with Crippen LogP contribution >= 0.6 is 12.2 Å². The zero-order chi connectivity index (χ0) is 15.4. The fraction of sp³-hybridized carbons (Fsp3) is 0.375. The molecule has 1 aromatic carbocycles. The maximum atomic E-state index is 5.79. The van der Waals surface area contributed by atoms with Gasteiger partial charge in [-0.1, -0.05) is 24.4 Å². The molecule has 21 heavy (non-hydrogen) atoms. The first-order valence-corrected chi connectivity index (χ1v) is 7.43. The van der Waals surface area contributed by atoms with Crippen LogP contribution in [-0.2, 0) is 6.54 Å². The standard InChI is InChI=1S/C16H21N3OS/c1-11-12(2)18-19(13(11)3)9-6-10-20-15-8-5-4-7-14(15)16(17)21/h4-5,7-8H,6,9-10H2,1-3H3,(H2,17,21). The van der Waals surface area contributed by atoms with Gasteiger partial charge in [0.15, 0.2) is 0 Å². The van der Waals surface area contributed by atoms with Gasteiger partial charge in [0, 0.05) is 18.7 Å². The van der Waals surface area contributed by atoms with E-state index in [0.29, 0.717) is 11.6 Å². The Morgan fingerprint density at radius 1 is 1.29 bits per heavy atom. The van der Waals surface area contributed by atoms with Crippen molar-refractivity contribution in [1.29, 1.82) is 0 Å². The van der Waals surface area contributed by atoms with Gasteiger partial charge in [-0.3, -0.25) is 4.68 Å². The number of rotatable bonds is 6. The van der Waals surface area contributed by atoms with E-state index in [0.717, 1.165) is 30.0 Å². The Balaban J connectivity index is 1.91. The Kier molecular flexibility index (Phi) is 4.96. The molecule has 0 radical (unpaired) electrons. The van der Waals surface area contributed by atoms with E-state index in [1.807, 2.05) is 35.9 Å². The monoisotopic (exact) mass is 303 g/mol. The molecule has 0 saturated carbocycles. The van der Waals surface area contributed by atoms with Crippen molar-refractivity contribution in [2.24, 2.45) is 5.73 Å². The third-order valence-electron chi connectivity index (χ3n) is 3.67. The van der Waals surface area contributed by atoms with Crippen molar-refractivity contribution in [2.75, 3.05) is 6.61 Å². The van der Waals surface area contributed by atoms with Crippen LogP contribution in [0.2, 0.25) is 0 Å². The Morgan fingerprint density at radius 2 is 2.00 bits per heavy atom. The quantitative estimate of drug-likeness (QED) is 0.658. The molecule has 2 aromatic rings. The molecule has 0 aliphatic carbocycles. The second-order valence-electron chi connectivity index (χ2n) is 5.08. The number of ether oxygens (including phenoxy) is 1. The summed E-state index contributed by atoms with van der Waals surface area (Å²) >= 11 is 5.02. The topological polar surface area (TPSA) is 53.1 Å². The largest absolute Gasteiger partial charge is 0.493 e. The highest BCUT2D eigenvalue weighted by Crippen LogP contribution is 2.18. The summed E-state index contributed by atoms with van der Waals surface area (Å²) in [5.74, 6) is 0.745. The lowest BCUT2D eigenvalue weighted by Crippen LogP contribution is -2.13. The zero-order valence-electron chi connectivity index (χ0n) is 12.7. The smallest absolute Gasteiger partial charge is 0.129 e. The van der Waals surface area contributed by atoms with E-state index in [1.165, 1.54) is 11.3 Å². The van der Waals surface area contributed by atoms with Crippen molar-refractivity contribution < 1.29 is 4.74 Å². The van der Waals surface area contributed by atoms with E-state index in [-0.39, 0.29) is 0 Å². The summed E-state index contributed by atoms with van der Waals surface area (Å²) in [7, 11) is 0. The summed E-state index contributed by atoms with van der Waals surface area (Å²) in [6.07, 6.45) is 0.882. The molecule has 1 aromatic heterocycles. The van der Waals surface area contributed by atoms with Gasteiger partial charge in [-0.2, -0.15) is 5.10 Å². The first-order chi connectivity index (χ1) is 10.0. The molecule has 0 unspecified atom stereocenters. The molecule has 2 N–H and O–H groups in total. The van der Waals surface area contributed by atoms with Gasteiger partial charge in [-0.25, -0.2) is 0 Å². The number of nitrogens with zero attached hydrogens (tertiary/aromatic N) is 2. The predicted octanol–water partition coefficient (Wildman–Crippen LogP) is 2.91. The van der Waals surface area contributed by atoms with Crippen molar-refractivity contribution in [3.8, 4) is 5.75 Å². The first kappa shape index (κ1) is 15.5. The lowest BCUT2D eigenvalue weighted by Gasteiger charge is -2.11. The van der Waals surface area contributed by atoms with E-state index < -0.39 is 0 Å². The molecule has 0 atom stereocenters. The molecule has 0 fully saturated rings. The van der Waals surface area contributed by atoms with Crippen molar-refractivity contribution in [1.82, 2.24) is 9.78 Å². The Labute approximate surface area is 130 Å². The summed E-state index contributed by atoms with van der Waals surface area (Å²) in [5, 5.41) is 4.52. The van der Waals surface area contributed by atoms with Crippen molar-refractivity contribution in [2.45, 2.75) is 33.7 Å². The number of hydrogen-bond acceptors (Lipinski definition) is 3. The van der Waals surface area contributed by atoms with Crippen LogP contribution in [0.5, 0.6) is 5.75 Å². The summed E-state index contributed by atoms with van der Waals surface area (Å²) < 4.78 is 7.82. The molecule has 4 nitrogen and oxygen atoms in total. The molecular weight excluding hydrogens is 282 g/mol.